The minimum Gasteiger partial charge on any atom is -0.465 e. The number of amides is 2. The molecule has 0 bridgehead atoms. The van der Waals surface area contributed by atoms with Crippen molar-refractivity contribution in [2.45, 2.75) is 13.5 Å². The number of rotatable bonds is 5. The normalized spacial score (nSPS) is 10.5. The van der Waals surface area contributed by atoms with Crippen molar-refractivity contribution in [1.82, 2.24) is 14.9 Å². The van der Waals surface area contributed by atoms with Gasteiger partial charge in [-0.1, -0.05) is 41.4 Å². The highest BCUT2D eigenvalue weighted by Gasteiger charge is 2.15. The third-order valence-corrected chi connectivity index (χ3v) is 5.29. The molecule has 2 aromatic heterocycles. The summed E-state index contributed by atoms with van der Waals surface area (Å²) in [5.74, 6) is -0.382. The van der Waals surface area contributed by atoms with E-state index in [1.807, 2.05) is 13.0 Å². The molecular weight excluding hydrogens is 427 g/mol. The Balaban J connectivity index is 1.81. The fourth-order valence-electron chi connectivity index (χ4n) is 2.87. The fourth-order valence-corrected chi connectivity index (χ4v) is 3.24. The van der Waals surface area contributed by atoms with E-state index in [-0.39, 0.29) is 23.3 Å². The summed E-state index contributed by atoms with van der Waals surface area (Å²) in [6.07, 6.45) is 2.01. The molecule has 154 valence electrons. The summed E-state index contributed by atoms with van der Waals surface area (Å²) >= 11 is 12.3. The molecule has 0 radical (unpaired) electrons. The first-order valence-corrected chi connectivity index (χ1v) is 9.64. The first-order valence-electron chi connectivity index (χ1n) is 8.88. The van der Waals surface area contributed by atoms with Crippen molar-refractivity contribution < 1.29 is 14.7 Å². The van der Waals surface area contributed by atoms with Gasteiger partial charge in [0.1, 0.15) is 10.8 Å². The summed E-state index contributed by atoms with van der Waals surface area (Å²) in [6, 6.07) is 10.5. The number of anilines is 1. The first-order chi connectivity index (χ1) is 14.3. The number of carbonyl (C=O) groups is 2. The number of hydrogen-bond donors (Lipinski definition) is 2. The predicted molar refractivity (Wildman–Crippen MR) is 116 cm³/mol. The second kappa shape index (κ2) is 9.11. The van der Waals surface area contributed by atoms with E-state index in [0.29, 0.717) is 16.3 Å². The van der Waals surface area contributed by atoms with Gasteiger partial charge in [0, 0.05) is 30.7 Å². The number of nitrogens with one attached hydrogen (secondary N) is 1. The maximum absolute atomic E-state index is 12.6. The number of pyridine rings is 2. The second-order valence-corrected chi connectivity index (χ2v) is 7.32. The Morgan fingerprint density at radius 2 is 1.87 bits per heavy atom. The molecule has 0 aliphatic carbocycles. The molecule has 2 N–H and O–H groups in total. The first kappa shape index (κ1) is 21.5. The summed E-state index contributed by atoms with van der Waals surface area (Å²) in [5.41, 5.74) is 3.86. The van der Waals surface area contributed by atoms with Crippen LogP contribution in [0.4, 0.5) is 10.5 Å². The maximum atomic E-state index is 12.6. The minimum atomic E-state index is -1.04. The van der Waals surface area contributed by atoms with Crippen LogP contribution < -0.4 is 5.32 Å². The lowest BCUT2D eigenvalue weighted by Crippen LogP contribution is -2.24. The molecule has 0 aliphatic heterocycles. The topological polar surface area (TPSA) is 95.4 Å². The molecule has 0 fully saturated rings. The van der Waals surface area contributed by atoms with Crippen molar-refractivity contribution in [1.29, 1.82) is 0 Å². The smallest absolute Gasteiger partial charge is 0.407 e. The number of aromatic nitrogens is 2. The van der Waals surface area contributed by atoms with Crippen LogP contribution in [0.5, 0.6) is 0 Å². The van der Waals surface area contributed by atoms with Gasteiger partial charge in [-0.25, -0.2) is 9.78 Å². The Bertz CT molecular complexity index is 1100. The predicted octanol–water partition coefficient (Wildman–Crippen LogP) is 5.12. The van der Waals surface area contributed by atoms with Crippen molar-refractivity contribution in [3.8, 4) is 11.1 Å². The number of hydrogen-bond acceptors (Lipinski definition) is 4. The van der Waals surface area contributed by atoms with Crippen molar-refractivity contribution in [2.75, 3.05) is 12.4 Å². The maximum Gasteiger partial charge on any atom is 0.407 e. The van der Waals surface area contributed by atoms with Crippen LogP contribution in [-0.4, -0.2) is 39.0 Å². The largest absolute Gasteiger partial charge is 0.465 e. The van der Waals surface area contributed by atoms with E-state index in [0.717, 1.165) is 21.6 Å². The highest BCUT2D eigenvalue weighted by atomic mass is 35.5. The van der Waals surface area contributed by atoms with E-state index in [2.05, 4.69) is 15.3 Å². The van der Waals surface area contributed by atoms with Gasteiger partial charge < -0.3 is 15.3 Å². The molecule has 0 saturated carbocycles. The summed E-state index contributed by atoms with van der Waals surface area (Å²) in [5, 5.41) is 12.3. The Hall–Kier alpha value is -3.16. The molecule has 2 amide bonds. The molecule has 30 heavy (non-hydrogen) atoms. The lowest BCUT2D eigenvalue weighted by molar-refractivity contribution is 0.102. The van der Waals surface area contributed by atoms with E-state index >= 15 is 0 Å². The molecule has 0 aliphatic rings. The second-order valence-electron chi connectivity index (χ2n) is 6.59. The molecule has 7 nitrogen and oxygen atoms in total. The average molecular weight is 445 g/mol. The molecule has 1 aromatic carbocycles. The lowest BCUT2D eigenvalue weighted by atomic mass is 10.00. The number of benzene rings is 1. The van der Waals surface area contributed by atoms with Gasteiger partial charge in [-0.2, -0.15) is 0 Å². The van der Waals surface area contributed by atoms with E-state index in [9.17, 15) is 9.59 Å². The van der Waals surface area contributed by atoms with Crippen LogP contribution in [-0.2, 0) is 6.54 Å². The minimum absolute atomic E-state index is 0.181. The molecule has 0 saturated heterocycles. The number of halogens is 2. The molecule has 0 atom stereocenters. The van der Waals surface area contributed by atoms with Crippen LogP contribution in [0, 0.1) is 6.92 Å². The lowest BCUT2D eigenvalue weighted by Gasteiger charge is -2.14. The van der Waals surface area contributed by atoms with Gasteiger partial charge in [0.05, 0.1) is 11.6 Å². The van der Waals surface area contributed by atoms with Gasteiger partial charge >= 0.3 is 6.09 Å². The SMILES string of the molecule is Cc1c(NC(=O)c2ccc(CN(C)C(=O)O)cn2)cccc1-c1ccnc(Cl)c1Cl. The van der Waals surface area contributed by atoms with Gasteiger partial charge in [0.2, 0.25) is 0 Å². The number of nitrogens with zero attached hydrogens (tertiary/aromatic N) is 3. The van der Waals surface area contributed by atoms with Crippen molar-refractivity contribution in [3.05, 3.63) is 75.8 Å². The summed E-state index contributed by atoms with van der Waals surface area (Å²) in [7, 11) is 1.46. The monoisotopic (exact) mass is 444 g/mol. The Labute approximate surface area is 183 Å². The number of carboxylic acid groups (broad SMARTS) is 1. The average Bonchev–Trinajstić information content (AvgIpc) is 2.72. The van der Waals surface area contributed by atoms with Gasteiger partial charge in [0.25, 0.3) is 5.91 Å². The van der Waals surface area contributed by atoms with Gasteiger partial charge in [-0.05, 0) is 41.8 Å². The molecule has 3 aromatic rings. The summed E-state index contributed by atoms with van der Waals surface area (Å²) in [4.78, 5) is 32.8. The van der Waals surface area contributed by atoms with Crippen LogP contribution in [0.25, 0.3) is 11.1 Å². The zero-order chi connectivity index (χ0) is 21.8. The van der Waals surface area contributed by atoms with E-state index in [1.165, 1.54) is 13.2 Å². The van der Waals surface area contributed by atoms with E-state index in [1.54, 1.807) is 36.5 Å². The molecule has 9 heteroatoms. The summed E-state index contributed by atoms with van der Waals surface area (Å²) < 4.78 is 0. The van der Waals surface area contributed by atoms with Crippen LogP contribution in [0.3, 0.4) is 0 Å². The van der Waals surface area contributed by atoms with Crippen molar-refractivity contribution >= 4 is 40.9 Å². The third kappa shape index (κ3) is 4.69. The zero-order valence-electron chi connectivity index (χ0n) is 16.2. The molecule has 3 rings (SSSR count). The standard InChI is InChI=1S/C21H18Cl2N4O3/c1-12-14(15-8-9-24-19(23)18(15)22)4-3-5-16(12)26-20(28)17-7-6-13(10-25-17)11-27(2)21(29)30/h3-10H,11H2,1-2H3,(H,26,28)(H,29,30). The molecule has 0 unspecified atom stereocenters. The van der Waals surface area contributed by atoms with Crippen LogP contribution in [0.1, 0.15) is 21.6 Å². The highest BCUT2D eigenvalue weighted by molar-refractivity contribution is 6.43. The zero-order valence-corrected chi connectivity index (χ0v) is 17.7. The summed E-state index contributed by atoms with van der Waals surface area (Å²) in [6.45, 7) is 2.05. The van der Waals surface area contributed by atoms with E-state index < -0.39 is 6.09 Å². The molecular formula is C21H18Cl2N4O3. The van der Waals surface area contributed by atoms with E-state index in [4.69, 9.17) is 28.3 Å². The van der Waals surface area contributed by atoms with Crippen LogP contribution in [0.2, 0.25) is 10.2 Å². The van der Waals surface area contributed by atoms with Gasteiger partial charge in [-0.3, -0.25) is 9.78 Å². The van der Waals surface area contributed by atoms with Crippen LogP contribution in [0.15, 0.2) is 48.8 Å². The van der Waals surface area contributed by atoms with Crippen molar-refractivity contribution in [3.63, 3.8) is 0 Å². The van der Waals surface area contributed by atoms with Gasteiger partial charge in [0.15, 0.2) is 0 Å². The molecule has 2 heterocycles. The quantitative estimate of drug-likeness (QED) is 0.532. The number of carbonyl (C=O) groups excluding carboxylic acids is 1. The highest BCUT2D eigenvalue weighted by Crippen LogP contribution is 2.36. The molecule has 0 spiro atoms. The third-order valence-electron chi connectivity index (χ3n) is 4.52. The Morgan fingerprint density at radius 1 is 1.10 bits per heavy atom. The Morgan fingerprint density at radius 3 is 2.53 bits per heavy atom. The fraction of sp³-hybridized carbons (Fsp3) is 0.143. The van der Waals surface area contributed by atoms with Crippen LogP contribution >= 0.6 is 23.2 Å². The van der Waals surface area contributed by atoms with Gasteiger partial charge in [-0.15, -0.1) is 0 Å². The Kier molecular flexibility index (Phi) is 6.54. The van der Waals surface area contributed by atoms with Crippen molar-refractivity contribution in [2.24, 2.45) is 0 Å².